The highest BCUT2D eigenvalue weighted by atomic mass is 14.3. The zero-order valence-electron chi connectivity index (χ0n) is 18.2. The molecular formula is C27H44. The first-order valence-electron chi connectivity index (χ1n) is 12.4. The zero-order chi connectivity index (χ0) is 18.9. The number of unbranched alkanes of at least 4 members (excludes halogenated alkanes) is 3. The van der Waals surface area contributed by atoms with E-state index >= 15 is 0 Å². The molecule has 0 heteroatoms. The predicted octanol–water partition coefficient (Wildman–Crippen LogP) is 9.00. The summed E-state index contributed by atoms with van der Waals surface area (Å²) in [4.78, 5) is 0. The third kappa shape index (κ3) is 6.37. The van der Waals surface area contributed by atoms with Gasteiger partial charge in [-0.05, 0) is 86.2 Å². The maximum Gasteiger partial charge on any atom is -0.0162 e. The molecule has 2 aliphatic carbocycles. The molecule has 2 aliphatic rings. The van der Waals surface area contributed by atoms with Gasteiger partial charge in [0, 0.05) is 0 Å². The van der Waals surface area contributed by atoms with Crippen LogP contribution in [0.2, 0.25) is 0 Å². The number of hydrogen-bond acceptors (Lipinski definition) is 0. The van der Waals surface area contributed by atoms with Gasteiger partial charge in [0.1, 0.15) is 0 Å². The summed E-state index contributed by atoms with van der Waals surface area (Å²) in [5, 5.41) is 0. The fraction of sp³-hybridized carbons (Fsp3) is 0.778. The lowest BCUT2D eigenvalue weighted by molar-refractivity contribution is 0.301. The van der Waals surface area contributed by atoms with E-state index in [4.69, 9.17) is 0 Å². The van der Waals surface area contributed by atoms with Crippen molar-refractivity contribution in [3.8, 4) is 0 Å². The van der Waals surface area contributed by atoms with E-state index in [9.17, 15) is 0 Å². The molecule has 0 atom stereocenters. The third-order valence-electron chi connectivity index (χ3n) is 7.75. The molecule has 0 saturated heterocycles. The lowest BCUT2D eigenvalue weighted by Crippen LogP contribution is -2.14. The molecule has 0 N–H and O–H groups in total. The van der Waals surface area contributed by atoms with Crippen molar-refractivity contribution < 1.29 is 0 Å². The molecule has 2 saturated carbocycles. The van der Waals surface area contributed by atoms with Crippen molar-refractivity contribution in [1.82, 2.24) is 0 Å². The van der Waals surface area contributed by atoms with Crippen molar-refractivity contribution in [3.05, 3.63) is 35.4 Å². The van der Waals surface area contributed by atoms with Crippen molar-refractivity contribution in [2.24, 2.45) is 11.8 Å². The minimum atomic E-state index is 0.839. The Balaban J connectivity index is 1.43. The Morgan fingerprint density at radius 3 is 1.37 bits per heavy atom. The Morgan fingerprint density at radius 2 is 0.963 bits per heavy atom. The molecule has 0 amide bonds. The van der Waals surface area contributed by atoms with Gasteiger partial charge in [0.2, 0.25) is 0 Å². The van der Waals surface area contributed by atoms with Crippen LogP contribution in [0.4, 0.5) is 0 Å². The minimum Gasteiger partial charge on any atom is -0.0654 e. The van der Waals surface area contributed by atoms with Gasteiger partial charge in [-0.2, -0.15) is 0 Å². The van der Waals surface area contributed by atoms with Crippen molar-refractivity contribution >= 4 is 0 Å². The largest absolute Gasteiger partial charge is 0.0654 e. The SMILES string of the molecule is CCCCC[C@H]1CC[C@H](c2ccc([C@H]3CC[C@H](CCCC)CC3)cc2)CC1. The van der Waals surface area contributed by atoms with E-state index < -0.39 is 0 Å². The second-order valence-electron chi connectivity index (χ2n) is 9.74. The number of hydrogen-bond donors (Lipinski definition) is 0. The second kappa shape index (κ2) is 11.3. The van der Waals surface area contributed by atoms with Crippen molar-refractivity contribution in [2.45, 2.75) is 122 Å². The van der Waals surface area contributed by atoms with E-state index in [2.05, 4.69) is 38.1 Å². The Bertz CT molecular complexity index is 497. The summed E-state index contributed by atoms with van der Waals surface area (Å²) in [7, 11) is 0. The van der Waals surface area contributed by atoms with Crippen LogP contribution in [0.5, 0.6) is 0 Å². The quantitative estimate of drug-likeness (QED) is 0.381. The van der Waals surface area contributed by atoms with Gasteiger partial charge in [-0.15, -0.1) is 0 Å². The maximum absolute atomic E-state index is 2.49. The van der Waals surface area contributed by atoms with Crippen LogP contribution in [0.15, 0.2) is 24.3 Å². The van der Waals surface area contributed by atoms with Gasteiger partial charge in [-0.25, -0.2) is 0 Å². The molecule has 0 heterocycles. The average Bonchev–Trinajstić information content (AvgIpc) is 2.73. The second-order valence-corrected chi connectivity index (χ2v) is 9.74. The minimum absolute atomic E-state index is 0.839. The van der Waals surface area contributed by atoms with Gasteiger partial charge >= 0.3 is 0 Å². The van der Waals surface area contributed by atoms with Crippen LogP contribution in [0.1, 0.15) is 133 Å². The third-order valence-corrected chi connectivity index (χ3v) is 7.75. The fourth-order valence-electron chi connectivity index (χ4n) is 5.79. The number of rotatable bonds is 9. The highest BCUT2D eigenvalue weighted by Crippen LogP contribution is 2.40. The summed E-state index contributed by atoms with van der Waals surface area (Å²) < 4.78 is 0. The molecule has 0 spiro atoms. The Morgan fingerprint density at radius 1 is 0.556 bits per heavy atom. The molecule has 0 aromatic heterocycles. The van der Waals surface area contributed by atoms with Crippen molar-refractivity contribution in [3.63, 3.8) is 0 Å². The fourth-order valence-corrected chi connectivity index (χ4v) is 5.79. The van der Waals surface area contributed by atoms with Crippen LogP contribution in [0, 0.1) is 11.8 Å². The van der Waals surface area contributed by atoms with Crippen molar-refractivity contribution in [2.75, 3.05) is 0 Å². The molecule has 0 radical (unpaired) electrons. The zero-order valence-corrected chi connectivity index (χ0v) is 18.2. The Hall–Kier alpha value is -0.780. The van der Waals surface area contributed by atoms with Crippen LogP contribution in [-0.2, 0) is 0 Å². The van der Waals surface area contributed by atoms with Crippen molar-refractivity contribution in [1.29, 1.82) is 0 Å². The summed E-state index contributed by atoms with van der Waals surface area (Å²) in [6.07, 6.45) is 21.6. The molecule has 0 nitrogen and oxygen atoms in total. The van der Waals surface area contributed by atoms with Crippen LogP contribution < -0.4 is 0 Å². The Kier molecular flexibility index (Phi) is 8.75. The summed E-state index contributed by atoms with van der Waals surface area (Å²) in [6.45, 7) is 4.64. The lowest BCUT2D eigenvalue weighted by Gasteiger charge is -2.30. The molecule has 27 heavy (non-hydrogen) atoms. The molecule has 3 rings (SSSR count). The number of benzene rings is 1. The lowest BCUT2D eigenvalue weighted by atomic mass is 9.75. The van der Waals surface area contributed by atoms with Crippen LogP contribution in [0.3, 0.4) is 0 Å². The van der Waals surface area contributed by atoms with Gasteiger partial charge in [-0.1, -0.05) is 83.1 Å². The smallest absolute Gasteiger partial charge is 0.0162 e. The van der Waals surface area contributed by atoms with E-state index in [1.807, 2.05) is 0 Å². The molecule has 152 valence electrons. The average molecular weight is 369 g/mol. The normalized spacial score (nSPS) is 29.0. The van der Waals surface area contributed by atoms with E-state index in [0.29, 0.717) is 0 Å². The van der Waals surface area contributed by atoms with Gasteiger partial charge in [0.15, 0.2) is 0 Å². The first-order valence-corrected chi connectivity index (χ1v) is 12.4. The molecule has 2 fully saturated rings. The first-order chi connectivity index (χ1) is 13.3. The molecular weight excluding hydrogens is 324 g/mol. The Labute approximate surface area is 169 Å². The van der Waals surface area contributed by atoms with Gasteiger partial charge in [-0.3, -0.25) is 0 Å². The summed E-state index contributed by atoms with van der Waals surface area (Å²) in [5.74, 6) is 3.72. The molecule has 0 bridgehead atoms. The topological polar surface area (TPSA) is 0 Å². The highest BCUT2D eigenvalue weighted by Gasteiger charge is 2.24. The monoisotopic (exact) mass is 368 g/mol. The molecule has 0 unspecified atom stereocenters. The van der Waals surface area contributed by atoms with E-state index in [1.165, 1.54) is 96.3 Å². The van der Waals surface area contributed by atoms with E-state index in [0.717, 1.165) is 23.7 Å². The van der Waals surface area contributed by atoms with Crippen LogP contribution in [0.25, 0.3) is 0 Å². The summed E-state index contributed by atoms with van der Waals surface area (Å²) in [6, 6.07) is 9.95. The van der Waals surface area contributed by atoms with Crippen LogP contribution in [-0.4, -0.2) is 0 Å². The van der Waals surface area contributed by atoms with Gasteiger partial charge in [0.25, 0.3) is 0 Å². The highest BCUT2D eigenvalue weighted by molar-refractivity contribution is 5.28. The maximum atomic E-state index is 2.49. The first kappa shape index (κ1) is 20.9. The van der Waals surface area contributed by atoms with Gasteiger partial charge < -0.3 is 0 Å². The van der Waals surface area contributed by atoms with E-state index in [-0.39, 0.29) is 0 Å². The predicted molar refractivity (Wildman–Crippen MR) is 120 cm³/mol. The molecule has 1 aromatic carbocycles. The standard InChI is InChI=1S/C27H44/c1-3-5-7-9-23-12-16-25(17-13-23)27-20-18-26(19-21-27)24-14-10-22(11-15-24)8-6-4-2/h18-25H,3-17H2,1-2H3/t22-,23-,24-,25-. The molecule has 0 aliphatic heterocycles. The van der Waals surface area contributed by atoms with E-state index in [1.54, 1.807) is 11.1 Å². The van der Waals surface area contributed by atoms with Crippen LogP contribution >= 0.6 is 0 Å². The molecule has 1 aromatic rings. The summed E-state index contributed by atoms with van der Waals surface area (Å²) in [5.41, 5.74) is 3.25. The van der Waals surface area contributed by atoms with Gasteiger partial charge in [0.05, 0.1) is 0 Å². The summed E-state index contributed by atoms with van der Waals surface area (Å²) >= 11 is 0.